The average Bonchev–Trinajstić information content (AvgIpc) is 3.14. The molecule has 2 atom stereocenters. The Kier molecular flexibility index (Phi) is 9.01. The maximum Gasteiger partial charge on any atom is 0.369 e. The molecule has 0 aromatic carbocycles. The molecule has 9 heteroatoms. The summed E-state index contributed by atoms with van der Waals surface area (Å²) >= 11 is 5.28. The number of unbranched alkanes of at least 4 members (excludes halogenated alkanes) is 3. The topological polar surface area (TPSA) is 89.0 Å². The number of carbonyl (C=O) groups is 1. The Morgan fingerprint density at radius 1 is 1.41 bits per heavy atom. The first-order valence-electron chi connectivity index (χ1n) is 9.58. The number of thiol groups is 1. The molecule has 0 bridgehead atoms. The number of nitrogens with zero attached hydrogens (tertiary/aromatic N) is 3. The number of hydrogen-bond donors (Lipinski definition) is 2. The Hall–Kier alpha value is -1.16. The maximum absolute atomic E-state index is 11.9. The minimum atomic E-state index is -0.435. The predicted molar refractivity (Wildman–Crippen MR) is 110 cm³/mol. The van der Waals surface area contributed by atoms with E-state index in [1.807, 2.05) is 0 Å². The molecule has 0 saturated carbocycles. The van der Waals surface area contributed by atoms with Crippen molar-refractivity contribution in [3.63, 3.8) is 0 Å². The van der Waals surface area contributed by atoms with Gasteiger partial charge >= 0.3 is 5.97 Å². The lowest BCUT2D eigenvalue weighted by atomic mass is 10.1. The van der Waals surface area contributed by atoms with Crippen LogP contribution in [-0.4, -0.2) is 64.5 Å². The van der Waals surface area contributed by atoms with Gasteiger partial charge in [0.05, 0.1) is 37.7 Å². The summed E-state index contributed by atoms with van der Waals surface area (Å²) in [5, 5.41) is 0. The summed E-state index contributed by atoms with van der Waals surface area (Å²) in [7, 11) is 2.09. The normalized spacial score (nSPS) is 20.8. The van der Waals surface area contributed by atoms with E-state index in [0.717, 1.165) is 37.2 Å². The summed E-state index contributed by atoms with van der Waals surface area (Å²) in [6.45, 7) is 4.82. The van der Waals surface area contributed by atoms with Gasteiger partial charge in [-0.25, -0.2) is 4.79 Å². The molecule has 1 aliphatic heterocycles. The summed E-state index contributed by atoms with van der Waals surface area (Å²) in [6.07, 6.45) is 7.74. The van der Waals surface area contributed by atoms with Gasteiger partial charge in [0.15, 0.2) is 6.04 Å². The van der Waals surface area contributed by atoms with E-state index in [9.17, 15) is 4.79 Å². The number of ether oxygens (including phenoxy) is 2. The first-order chi connectivity index (χ1) is 13.0. The fourth-order valence-electron chi connectivity index (χ4n) is 2.97. The van der Waals surface area contributed by atoms with Gasteiger partial charge in [-0.15, -0.1) is 4.37 Å². The van der Waals surface area contributed by atoms with Crippen molar-refractivity contribution < 1.29 is 24.5 Å². The monoisotopic (exact) mass is 416 g/mol. The van der Waals surface area contributed by atoms with Crippen molar-refractivity contribution in [1.29, 1.82) is 0 Å². The van der Waals surface area contributed by atoms with Gasteiger partial charge < -0.3 is 15.2 Å². The zero-order valence-corrected chi connectivity index (χ0v) is 18.1. The van der Waals surface area contributed by atoms with Crippen molar-refractivity contribution >= 4 is 35.9 Å². The van der Waals surface area contributed by atoms with Gasteiger partial charge in [-0.1, -0.05) is 32.3 Å². The number of quaternary nitrogens is 2. The van der Waals surface area contributed by atoms with Crippen LogP contribution < -0.4 is 10.5 Å². The summed E-state index contributed by atoms with van der Waals surface area (Å²) in [5.41, 5.74) is 5.69. The summed E-state index contributed by atoms with van der Waals surface area (Å²) in [4.78, 5) is 11.9. The highest BCUT2D eigenvalue weighted by Gasteiger charge is 2.32. The third kappa shape index (κ3) is 6.74. The van der Waals surface area contributed by atoms with E-state index >= 15 is 0 Å². The Morgan fingerprint density at radius 3 is 2.96 bits per heavy atom. The highest BCUT2D eigenvalue weighted by molar-refractivity contribution is 7.80. The fraction of sp³-hybridized carbons (Fsp3) is 0.722. The summed E-state index contributed by atoms with van der Waals surface area (Å²) in [6, 6.07) is -0.435. The van der Waals surface area contributed by atoms with Crippen molar-refractivity contribution in [3.05, 3.63) is 11.8 Å². The molecule has 1 aliphatic rings. The summed E-state index contributed by atoms with van der Waals surface area (Å²) < 4.78 is 20.7. The molecular weight excluding hydrogens is 384 g/mol. The Bertz CT molecular complexity index is 638. The van der Waals surface area contributed by atoms with Gasteiger partial charge in [-0.05, 0) is 6.42 Å². The van der Waals surface area contributed by atoms with Gasteiger partial charge in [0, 0.05) is 12.0 Å². The molecule has 0 fully saturated rings. The molecule has 0 saturated heterocycles. The Labute approximate surface area is 171 Å². The van der Waals surface area contributed by atoms with Crippen molar-refractivity contribution in [2.24, 2.45) is 0 Å². The zero-order valence-electron chi connectivity index (χ0n) is 16.4. The van der Waals surface area contributed by atoms with Crippen molar-refractivity contribution in [3.8, 4) is 5.88 Å². The lowest BCUT2D eigenvalue weighted by Crippen LogP contribution is -2.67. The number of rotatable bonds is 11. The second-order valence-corrected chi connectivity index (χ2v) is 8.21. The highest BCUT2D eigenvalue weighted by Crippen LogP contribution is 2.30. The second-order valence-electron chi connectivity index (χ2n) is 7.32. The van der Waals surface area contributed by atoms with Gasteiger partial charge in [-0.2, -0.15) is 17.0 Å². The molecule has 1 aromatic rings. The maximum atomic E-state index is 11.9. The molecule has 2 rings (SSSR count). The summed E-state index contributed by atoms with van der Waals surface area (Å²) in [5.74, 6) is 0.713. The van der Waals surface area contributed by atoms with Crippen LogP contribution in [0.2, 0.25) is 0 Å². The smallest absolute Gasteiger partial charge is 0.369 e. The molecule has 2 heterocycles. The third-order valence-corrected chi connectivity index (χ3v) is 5.64. The molecule has 0 amide bonds. The van der Waals surface area contributed by atoms with Crippen molar-refractivity contribution in [2.75, 3.05) is 39.2 Å². The first kappa shape index (κ1) is 22.1. The second kappa shape index (κ2) is 11.0. The number of aromatic nitrogens is 2. The van der Waals surface area contributed by atoms with Gasteiger partial charge in [0.2, 0.25) is 6.73 Å². The SMILES string of the molecule is CCCCCCOc1nsnc1C1=CCC[N+](C)(COC(=O)[C@@H]([NH3+])CS)C1. The van der Waals surface area contributed by atoms with Crippen LogP contribution in [-0.2, 0) is 9.53 Å². The molecule has 1 unspecified atom stereocenters. The third-order valence-electron chi connectivity index (χ3n) is 4.68. The molecule has 1 aromatic heterocycles. The van der Waals surface area contributed by atoms with Crippen LogP contribution in [0.5, 0.6) is 5.88 Å². The molecule has 152 valence electrons. The van der Waals surface area contributed by atoms with E-state index in [4.69, 9.17) is 9.47 Å². The van der Waals surface area contributed by atoms with E-state index < -0.39 is 6.04 Å². The minimum absolute atomic E-state index is 0.299. The van der Waals surface area contributed by atoms with E-state index in [-0.39, 0.29) is 5.97 Å². The van der Waals surface area contributed by atoms with Gasteiger partial charge in [0.25, 0.3) is 5.88 Å². The standard InChI is InChI=1S/C18H30N4O3S2/c1-3-4-5-6-10-24-17-16(20-27-21-17)14-8-7-9-22(2,11-14)13-25-18(23)15(19)12-26/h8,15H,3-7,9-13,19H2,1-2H3/p+2/t15-,22?/m0/s1. The fourth-order valence-corrected chi connectivity index (χ4v) is 3.65. The molecular formula is C18H32N4O3S2+2. The van der Waals surface area contributed by atoms with E-state index in [1.165, 1.54) is 31.0 Å². The number of carbonyl (C=O) groups excluding carboxylic acids is 1. The van der Waals surface area contributed by atoms with Gasteiger partial charge in [0.1, 0.15) is 12.2 Å². The van der Waals surface area contributed by atoms with E-state index in [2.05, 4.69) is 47.2 Å². The Balaban J connectivity index is 1.93. The van der Waals surface area contributed by atoms with Crippen LogP contribution in [0.4, 0.5) is 0 Å². The number of esters is 1. The number of likely N-dealkylation sites (N-methyl/N-ethyl adjacent to an activating group) is 1. The quantitative estimate of drug-likeness (QED) is 0.248. The molecule has 0 radical (unpaired) electrons. The predicted octanol–water partition coefficient (Wildman–Crippen LogP) is 1.77. The lowest BCUT2D eigenvalue weighted by Gasteiger charge is -2.36. The molecule has 7 nitrogen and oxygen atoms in total. The van der Waals surface area contributed by atoms with Crippen molar-refractivity contribution in [1.82, 2.24) is 8.75 Å². The highest BCUT2D eigenvalue weighted by atomic mass is 32.1. The van der Waals surface area contributed by atoms with Gasteiger partial charge in [-0.3, -0.25) is 4.48 Å². The lowest BCUT2D eigenvalue weighted by molar-refractivity contribution is -0.919. The molecule has 3 N–H and O–H groups in total. The Morgan fingerprint density at radius 2 is 2.22 bits per heavy atom. The minimum Gasteiger partial charge on any atom is -0.475 e. The first-order valence-corrected chi connectivity index (χ1v) is 10.9. The van der Waals surface area contributed by atoms with Crippen LogP contribution in [0.3, 0.4) is 0 Å². The van der Waals surface area contributed by atoms with Crippen LogP contribution in [0.1, 0.15) is 44.7 Å². The molecule has 27 heavy (non-hydrogen) atoms. The number of hydrogen-bond acceptors (Lipinski definition) is 7. The zero-order chi connectivity index (χ0) is 19.7. The van der Waals surface area contributed by atoms with E-state index in [1.54, 1.807) is 0 Å². The van der Waals surface area contributed by atoms with Crippen LogP contribution in [0.25, 0.3) is 5.57 Å². The van der Waals surface area contributed by atoms with Crippen molar-refractivity contribution in [2.45, 2.75) is 45.1 Å². The van der Waals surface area contributed by atoms with E-state index in [0.29, 0.717) is 29.5 Å². The average molecular weight is 417 g/mol. The molecule has 0 aliphatic carbocycles. The van der Waals surface area contributed by atoms with Crippen LogP contribution >= 0.6 is 24.4 Å². The van der Waals surface area contributed by atoms with Crippen LogP contribution in [0.15, 0.2) is 6.08 Å². The molecule has 0 spiro atoms. The largest absolute Gasteiger partial charge is 0.475 e. The van der Waals surface area contributed by atoms with Crippen LogP contribution in [0, 0.1) is 0 Å².